The number of nitrogens with zero attached hydrogens (tertiary/aromatic N) is 2. The van der Waals surface area contributed by atoms with Gasteiger partial charge in [-0.3, -0.25) is 4.79 Å². The van der Waals surface area contributed by atoms with Crippen LogP contribution in [0.3, 0.4) is 0 Å². The van der Waals surface area contributed by atoms with Gasteiger partial charge in [-0.1, -0.05) is 42.5 Å². The van der Waals surface area contributed by atoms with E-state index in [1.807, 2.05) is 38.1 Å². The summed E-state index contributed by atoms with van der Waals surface area (Å²) in [5.41, 5.74) is 6.61. The SMILES string of the molecule is Cc1nc(C)c(C(=O)NCCCc2ccccc2)c(-c2ccc(C)c(C)c2)n1. The number of hydrogen-bond acceptors (Lipinski definition) is 3. The van der Waals surface area contributed by atoms with Gasteiger partial charge in [-0.05, 0) is 63.3 Å². The van der Waals surface area contributed by atoms with Gasteiger partial charge in [-0.15, -0.1) is 0 Å². The maximum Gasteiger partial charge on any atom is 0.255 e. The molecule has 4 nitrogen and oxygen atoms in total. The van der Waals surface area contributed by atoms with E-state index in [1.165, 1.54) is 16.7 Å². The minimum absolute atomic E-state index is 0.112. The molecule has 1 amide bonds. The number of amides is 1. The largest absolute Gasteiger partial charge is 0.352 e. The third-order valence-corrected chi connectivity index (χ3v) is 4.98. The molecule has 0 atom stereocenters. The van der Waals surface area contributed by atoms with Crippen molar-refractivity contribution in [2.45, 2.75) is 40.5 Å². The molecule has 0 saturated heterocycles. The summed E-state index contributed by atoms with van der Waals surface area (Å²) in [7, 11) is 0. The van der Waals surface area contributed by atoms with E-state index in [0.717, 1.165) is 18.4 Å². The molecule has 0 bridgehead atoms. The van der Waals surface area contributed by atoms with Crippen LogP contribution in [0.4, 0.5) is 0 Å². The highest BCUT2D eigenvalue weighted by Gasteiger charge is 2.19. The monoisotopic (exact) mass is 373 g/mol. The van der Waals surface area contributed by atoms with Gasteiger partial charge >= 0.3 is 0 Å². The zero-order valence-corrected chi connectivity index (χ0v) is 17.0. The predicted molar refractivity (Wildman–Crippen MR) is 114 cm³/mol. The number of carbonyl (C=O) groups excluding carboxylic acids is 1. The number of carbonyl (C=O) groups is 1. The molecule has 0 spiro atoms. The zero-order chi connectivity index (χ0) is 20.1. The molecule has 0 fully saturated rings. The number of aromatic nitrogens is 2. The second kappa shape index (κ2) is 8.79. The summed E-state index contributed by atoms with van der Waals surface area (Å²) in [4.78, 5) is 22.0. The van der Waals surface area contributed by atoms with E-state index in [-0.39, 0.29) is 5.91 Å². The highest BCUT2D eigenvalue weighted by Crippen LogP contribution is 2.25. The Morgan fingerprint density at radius 3 is 2.39 bits per heavy atom. The van der Waals surface area contributed by atoms with Crippen molar-refractivity contribution in [3.8, 4) is 11.3 Å². The fraction of sp³-hybridized carbons (Fsp3) is 0.292. The molecular formula is C24H27N3O. The predicted octanol–water partition coefficient (Wildman–Crippen LogP) is 4.74. The Morgan fingerprint density at radius 1 is 0.929 bits per heavy atom. The molecule has 1 heterocycles. The topological polar surface area (TPSA) is 54.9 Å². The van der Waals surface area contributed by atoms with Gasteiger partial charge in [0.1, 0.15) is 5.82 Å². The molecule has 28 heavy (non-hydrogen) atoms. The van der Waals surface area contributed by atoms with Gasteiger partial charge in [0.05, 0.1) is 17.0 Å². The number of hydrogen-bond donors (Lipinski definition) is 1. The van der Waals surface area contributed by atoms with E-state index in [1.54, 1.807) is 0 Å². The van der Waals surface area contributed by atoms with Crippen LogP contribution in [0.15, 0.2) is 48.5 Å². The van der Waals surface area contributed by atoms with Gasteiger partial charge in [0.15, 0.2) is 0 Å². The van der Waals surface area contributed by atoms with Crippen LogP contribution in [0.25, 0.3) is 11.3 Å². The molecule has 0 radical (unpaired) electrons. The van der Waals surface area contributed by atoms with E-state index in [0.29, 0.717) is 29.3 Å². The van der Waals surface area contributed by atoms with Crippen LogP contribution in [0.2, 0.25) is 0 Å². The van der Waals surface area contributed by atoms with Crippen molar-refractivity contribution in [1.82, 2.24) is 15.3 Å². The van der Waals surface area contributed by atoms with E-state index in [9.17, 15) is 4.79 Å². The molecule has 3 rings (SSSR count). The normalized spacial score (nSPS) is 10.7. The van der Waals surface area contributed by atoms with Crippen LogP contribution in [-0.4, -0.2) is 22.4 Å². The summed E-state index contributed by atoms with van der Waals surface area (Å²) >= 11 is 0. The lowest BCUT2D eigenvalue weighted by atomic mass is 9.99. The average Bonchev–Trinajstić information content (AvgIpc) is 2.67. The minimum Gasteiger partial charge on any atom is -0.352 e. The Hall–Kier alpha value is -3.01. The van der Waals surface area contributed by atoms with Gasteiger partial charge in [0.25, 0.3) is 5.91 Å². The molecule has 4 heteroatoms. The van der Waals surface area contributed by atoms with Gasteiger partial charge in [-0.25, -0.2) is 9.97 Å². The molecule has 144 valence electrons. The van der Waals surface area contributed by atoms with E-state index in [2.05, 4.69) is 53.4 Å². The van der Waals surface area contributed by atoms with Crippen molar-refractivity contribution in [1.29, 1.82) is 0 Å². The van der Waals surface area contributed by atoms with E-state index >= 15 is 0 Å². The third kappa shape index (κ3) is 4.63. The van der Waals surface area contributed by atoms with Gasteiger partial charge in [0.2, 0.25) is 0 Å². The lowest BCUT2D eigenvalue weighted by molar-refractivity contribution is 0.0952. The van der Waals surface area contributed by atoms with Crippen LogP contribution in [0.1, 0.15) is 45.0 Å². The van der Waals surface area contributed by atoms with Crippen molar-refractivity contribution in [2.75, 3.05) is 6.54 Å². The maximum absolute atomic E-state index is 12.9. The lowest BCUT2D eigenvalue weighted by Gasteiger charge is -2.14. The Balaban J connectivity index is 1.78. The Kier molecular flexibility index (Phi) is 6.19. The average molecular weight is 374 g/mol. The first-order valence-corrected chi connectivity index (χ1v) is 9.70. The number of rotatable bonds is 6. The first-order valence-electron chi connectivity index (χ1n) is 9.70. The molecule has 0 unspecified atom stereocenters. The summed E-state index contributed by atoms with van der Waals surface area (Å²) < 4.78 is 0. The summed E-state index contributed by atoms with van der Waals surface area (Å²) in [6.07, 6.45) is 1.83. The summed E-state index contributed by atoms with van der Waals surface area (Å²) in [5, 5.41) is 3.05. The quantitative estimate of drug-likeness (QED) is 0.635. The molecule has 0 saturated carbocycles. The molecule has 1 N–H and O–H groups in total. The van der Waals surface area contributed by atoms with Crippen LogP contribution in [-0.2, 0) is 6.42 Å². The first kappa shape index (κ1) is 19.7. The van der Waals surface area contributed by atoms with E-state index < -0.39 is 0 Å². The highest BCUT2D eigenvalue weighted by molar-refractivity contribution is 6.00. The number of nitrogens with one attached hydrogen (secondary N) is 1. The smallest absolute Gasteiger partial charge is 0.255 e. The summed E-state index contributed by atoms with van der Waals surface area (Å²) in [6, 6.07) is 16.5. The van der Waals surface area contributed by atoms with Crippen molar-refractivity contribution in [3.63, 3.8) is 0 Å². The van der Waals surface area contributed by atoms with Crippen molar-refractivity contribution in [3.05, 3.63) is 82.3 Å². The van der Waals surface area contributed by atoms with Crippen LogP contribution in [0, 0.1) is 27.7 Å². The van der Waals surface area contributed by atoms with Crippen molar-refractivity contribution >= 4 is 5.91 Å². The van der Waals surface area contributed by atoms with Gasteiger partial charge in [-0.2, -0.15) is 0 Å². The Morgan fingerprint density at radius 2 is 1.68 bits per heavy atom. The lowest BCUT2D eigenvalue weighted by Crippen LogP contribution is -2.27. The molecule has 3 aromatic rings. The maximum atomic E-state index is 12.9. The highest BCUT2D eigenvalue weighted by atomic mass is 16.1. The molecule has 1 aromatic heterocycles. The number of benzene rings is 2. The third-order valence-electron chi connectivity index (χ3n) is 4.98. The van der Waals surface area contributed by atoms with Crippen LogP contribution >= 0.6 is 0 Å². The fourth-order valence-corrected chi connectivity index (χ4v) is 3.31. The second-order valence-electron chi connectivity index (χ2n) is 7.22. The fourth-order valence-electron chi connectivity index (χ4n) is 3.31. The van der Waals surface area contributed by atoms with Gasteiger partial charge < -0.3 is 5.32 Å². The first-order chi connectivity index (χ1) is 13.5. The standard InChI is InChI=1S/C24H27N3O/c1-16-12-13-21(15-17(16)2)23-22(18(3)26-19(4)27-23)24(28)25-14-8-11-20-9-6-5-7-10-20/h5-7,9-10,12-13,15H,8,11,14H2,1-4H3,(H,25,28). The summed E-state index contributed by atoms with van der Waals surface area (Å²) in [6.45, 7) is 8.50. The number of aryl methyl sites for hydroxylation is 5. The van der Waals surface area contributed by atoms with Crippen molar-refractivity contribution in [2.24, 2.45) is 0 Å². The molecular weight excluding hydrogens is 346 g/mol. The Labute approximate surface area is 167 Å². The Bertz CT molecular complexity index is 981. The molecule has 0 aliphatic carbocycles. The minimum atomic E-state index is -0.112. The zero-order valence-electron chi connectivity index (χ0n) is 17.0. The molecule has 0 aliphatic rings. The van der Waals surface area contributed by atoms with Crippen molar-refractivity contribution < 1.29 is 4.79 Å². The summed E-state index contributed by atoms with van der Waals surface area (Å²) in [5.74, 6) is 0.560. The van der Waals surface area contributed by atoms with Gasteiger partial charge in [0, 0.05) is 12.1 Å². The molecule has 2 aromatic carbocycles. The van der Waals surface area contributed by atoms with E-state index in [4.69, 9.17) is 0 Å². The van der Waals surface area contributed by atoms with Crippen LogP contribution < -0.4 is 5.32 Å². The molecule has 0 aliphatic heterocycles. The second-order valence-corrected chi connectivity index (χ2v) is 7.22. The van der Waals surface area contributed by atoms with Crippen LogP contribution in [0.5, 0.6) is 0 Å².